The van der Waals surface area contributed by atoms with Gasteiger partial charge in [-0.05, 0) is 19.8 Å². The Morgan fingerprint density at radius 1 is 1.47 bits per heavy atom. The monoisotopic (exact) mass is 272 g/mol. The summed E-state index contributed by atoms with van der Waals surface area (Å²) in [4.78, 5) is 25.7. The van der Waals surface area contributed by atoms with Crippen LogP contribution in [0.4, 0.5) is 0 Å². The van der Waals surface area contributed by atoms with E-state index in [0.29, 0.717) is 0 Å². The van der Waals surface area contributed by atoms with Gasteiger partial charge in [-0.25, -0.2) is 0 Å². The minimum absolute atomic E-state index is 0.166. The lowest BCUT2D eigenvalue weighted by molar-refractivity contribution is -0.153. The van der Waals surface area contributed by atoms with Gasteiger partial charge < -0.3 is 14.7 Å². The number of ether oxygens (including phenoxy) is 1. The Labute approximate surface area is 114 Å². The summed E-state index contributed by atoms with van der Waals surface area (Å²) in [7, 11) is 2.95. The van der Waals surface area contributed by atoms with E-state index in [1.165, 1.54) is 14.0 Å². The lowest BCUT2D eigenvalue weighted by Crippen LogP contribution is -2.54. The molecule has 1 saturated heterocycles. The van der Waals surface area contributed by atoms with Gasteiger partial charge in [0.15, 0.2) is 0 Å². The first-order valence-corrected chi connectivity index (χ1v) is 6.48. The van der Waals surface area contributed by atoms with Crippen LogP contribution < -0.4 is 5.32 Å². The fourth-order valence-corrected chi connectivity index (χ4v) is 2.46. The van der Waals surface area contributed by atoms with Crippen molar-refractivity contribution in [3.05, 3.63) is 0 Å². The molecule has 0 aromatic heterocycles. The number of likely N-dealkylation sites (N-methyl/N-ethyl adjacent to an activating group) is 1. The summed E-state index contributed by atoms with van der Waals surface area (Å²) >= 11 is 0. The van der Waals surface area contributed by atoms with Crippen molar-refractivity contribution in [3.63, 3.8) is 0 Å². The van der Waals surface area contributed by atoms with Crippen molar-refractivity contribution in [3.8, 4) is 0 Å². The standard InChI is InChI=1S/C13H24N2O4/c1-7(2)13(4)14-10(11(17)15(13)5)9(8(3)16)12(18)19-6/h7-10,14,16H,1-6H3/t8-,9-,10+,13-/m1/s1. The predicted octanol–water partition coefficient (Wildman–Crippen LogP) is -0.0412. The molecule has 1 amide bonds. The molecule has 0 aliphatic carbocycles. The van der Waals surface area contributed by atoms with Gasteiger partial charge in [-0.15, -0.1) is 0 Å². The second kappa shape index (κ2) is 5.46. The summed E-state index contributed by atoms with van der Waals surface area (Å²) in [6.07, 6.45) is -0.961. The molecule has 0 aromatic rings. The summed E-state index contributed by atoms with van der Waals surface area (Å²) in [5, 5.41) is 13.0. The maximum Gasteiger partial charge on any atom is 0.313 e. The first-order valence-electron chi connectivity index (χ1n) is 6.48. The van der Waals surface area contributed by atoms with E-state index in [4.69, 9.17) is 0 Å². The van der Waals surface area contributed by atoms with Crippen molar-refractivity contribution in [1.29, 1.82) is 0 Å². The molecule has 0 spiro atoms. The molecule has 0 saturated carbocycles. The molecule has 1 aliphatic heterocycles. The van der Waals surface area contributed by atoms with Crippen LogP contribution in [0.3, 0.4) is 0 Å². The Morgan fingerprint density at radius 3 is 2.32 bits per heavy atom. The van der Waals surface area contributed by atoms with Crippen molar-refractivity contribution >= 4 is 11.9 Å². The van der Waals surface area contributed by atoms with Gasteiger partial charge in [0.05, 0.1) is 18.9 Å². The molecule has 0 unspecified atom stereocenters. The summed E-state index contributed by atoms with van der Waals surface area (Å²) in [6, 6.07) is -0.759. The zero-order chi connectivity index (χ0) is 15.0. The number of rotatable bonds is 4. The van der Waals surface area contributed by atoms with Crippen LogP contribution in [0.2, 0.25) is 0 Å². The van der Waals surface area contributed by atoms with Crippen LogP contribution in [0.15, 0.2) is 0 Å². The van der Waals surface area contributed by atoms with Crippen molar-refractivity contribution in [2.75, 3.05) is 14.2 Å². The zero-order valence-electron chi connectivity index (χ0n) is 12.4. The summed E-state index contributed by atoms with van der Waals surface area (Å²) < 4.78 is 4.69. The Hall–Kier alpha value is -1.14. The number of amides is 1. The van der Waals surface area contributed by atoms with E-state index < -0.39 is 29.7 Å². The summed E-state index contributed by atoms with van der Waals surface area (Å²) in [6.45, 7) is 7.39. The number of aliphatic hydroxyl groups is 1. The number of carbonyl (C=O) groups excluding carboxylic acids is 2. The molecule has 6 heteroatoms. The number of nitrogens with one attached hydrogen (secondary N) is 1. The van der Waals surface area contributed by atoms with Crippen LogP contribution in [-0.2, 0) is 14.3 Å². The Kier molecular flexibility index (Phi) is 4.58. The zero-order valence-corrected chi connectivity index (χ0v) is 12.4. The predicted molar refractivity (Wildman–Crippen MR) is 70.1 cm³/mol. The average molecular weight is 272 g/mol. The maximum absolute atomic E-state index is 12.3. The highest BCUT2D eigenvalue weighted by molar-refractivity contribution is 5.90. The fraction of sp³-hybridized carbons (Fsp3) is 0.846. The average Bonchev–Trinajstić information content (AvgIpc) is 2.55. The quantitative estimate of drug-likeness (QED) is 0.702. The van der Waals surface area contributed by atoms with Crippen LogP contribution in [0.25, 0.3) is 0 Å². The number of esters is 1. The fourth-order valence-electron chi connectivity index (χ4n) is 2.46. The number of nitrogens with zero attached hydrogens (tertiary/aromatic N) is 1. The Balaban J connectivity index is 3.08. The minimum Gasteiger partial charge on any atom is -0.469 e. The third-order valence-electron chi connectivity index (χ3n) is 4.22. The van der Waals surface area contributed by atoms with Crippen molar-refractivity contribution in [2.24, 2.45) is 11.8 Å². The molecule has 19 heavy (non-hydrogen) atoms. The third kappa shape index (κ3) is 2.60. The van der Waals surface area contributed by atoms with E-state index in [2.05, 4.69) is 10.1 Å². The number of carbonyl (C=O) groups is 2. The topological polar surface area (TPSA) is 78.9 Å². The van der Waals surface area contributed by atoms with Crippen LogP contribution in [0.1, 0.15) is 27.7 Å². The molecular formula is C13H24N2O4. The van der Waals surface area contributed by atoms with Gasteiger partial charge >= 0.3 is 5.97 Å². The molecule has 0 bridgehead atoms. The van der Waals surface area contributed by atoms with Crippen LogP contribution in [0, 0.1) is 11.8 Å². The number of hydrogen-bond donors (Lipinski definition) is 2. The van der Waals surface area contributed by atoms with E-state index in [9.17, 15) is 14.7 Å². The highest BCUT2D eigenvalue weighted by Gasteiger charge is 2.52. The van der Waals surface area contributed by atoms with Gasteiger partial charge in [-0.3, -0.25) is 14.9 Å². The van der Waals surface area contributed by atoms with Gasteiger partial charge in [-0.2, -0.15) is 0 Å². The third-order valence-corrected chi connectivity index (χ3v) is 4.22. The number of methoxy groups -OCH3 is 1. The molecule has 6 nitrogen and oxygen atoms in total. The molecule has 1 heterocycles. The van der Waals surface area contributed by atoms with E-state index >= 15 is 0 Å². The number of hydrogen-bond acceptors (Lipinski definition) is 5. The first kappa shape index (κ1) is 15.9. The van der Waals surface area contributed by atoms with Crippen molar-refractivity contribution in [2.45, 2.75) is 45.5 Å². The largest absolute Gasteiger partial charge is 0.469 e. The molecule has 0 radical (unpaired) electrons. The van der Waals surface area contributed by atoms with Gasteiger partial charge in [0.25, 0.3) is 0 Å². The molecule has 2 N–H and O–H groups in total. The lowest BCUT2D eigenvalue weighted by atomic mass is 9.93. The molecule has 4 atom stereocenters. The summed E-state index contributed by atoms with van der Waals surface area (Å²) in [5.74, 6) is -1.52. The van der Waals surface area contributed by atoms with E-state index in [1.807, 2.05) is 20.8 Å². The summed E-state index contributed by atoms with van der Waals surface area (Å²) in [5.41, 5.74) is -0.539. The smallest absolute Gasteiger partial charge is 0.313 e. The van der Waals surface area contributed by atoms with Gasteiger partial charge in [-0.1, -0.05) is 13.8 Å². The van der Waals surface area contributed by atoms with Gasteiger partial charge in [0.2, 0.25) is 5.91 Å². The Bertz CT molecular complexity index is 370. The van der Waals surface area contributed by atoms with Gasteiger partial charge in [0, 0.05) is 7.05 Å². The molecule has 1 rings (SSSR count). The highest BCUT2D eigenvalue weighted by Crippen LogP contribution is 2.31. The highest BCUT2D eigenvalue weighted by atomic mass is 16.5. The first-order chi connectivity index (χ1) is 8.66. The SMILES string of the molecule is COC(=O)[C@@H]([C@@H]1N[C@@](C)(C(C)C)N(C)C1=O)[C@@H](C)O. The van der Waals surface area contributed by atoms with Crippen LogP contribution in [0.5, 0.6) is 0 Å². The van der Waals surface area contributed by atoms with E-state index in [1.54, 1.807) is 11.9 Å². The molecule has 0 aromatic carbocycles. The lowest BCUT2D eigenvalue weighted by Gasteiger charge is -2.36. The van der Waals surface area contributed by atoms with Crippen molar-refractivity contribution in [1.82, 2.24) is 10.2 Å². The van der Waals surface area contributed by atoms with Crippen molar-refractivity contribution < 1.29 is 19.4 Å². The van der Waals surface area contributed by atoms with Crippen LogP contribution in [-0.4, -0.2) is 53.8 Å². The van der Waals surface area contributed by atoms with Crippen LogP contribution >= 0.6 is 0 Å². The van der Waals surface area contributed by atoms with E-state index in [-0.39, 0.29) is 11.8 Å². The second-order valence-electron chi connectivity index (χ2n) is 5.61. The minimum atomic E-state index is -0.961. The molecular weight excluding hydrogens is 248 g/mol. The molecule has 1 fully saturated rings. The maximum atomic E-state index is 12.3. The van der Waals surface area contributed by atoms with E-state index in [0.717, 1.165) is 0 Å². The molecule has 110 valence electrons. The van der Waals surface area contributed by atoms with Gasteiger partial charge in [0.1, 0.15) is 12.0 Å². The molecule has 1 aliphatic rings. The second-order valence-corrected chi connectivity index (χ2v) is 5.61. The normalized spacial score (nSPS) is 30.6. The Morgan fingerprint density at radius 2 is 2.00 bits per heavy atom. The number of aliphatic hydroxyl groups excluding tert-OH is 1.